The van der Waals surface area contributed by atoms with Crippen molar-refractivity contribution >= 4 is 31.6 Å². The van der Waals surface area contributed by atoms with E-state index in [1.165, 1.54) is 5.56 Å². The highest BCUT2D eigenvalue weighted by Gasteiger charge is 2.11. The van der Waals surface area contributed by atoms with Gasteiger partial charge in [-0.15, -0.1) is 11.6 Å². The Kier molecular flexibility index (Phi) is 12.3. The largest absolute Gasteiger partial charge is 0.297 e. The molecule has 4 N–H and O–H groups in total. The van der Waals surface area contributed by atoms with Gasteiger partial charge in [-0.1, -0.05) is 30.3 Å². The van der Waals surface area contributed by atoms with Crippen LogP contribution in [-0.2, 0) is 26.6 Å². The van der Waals surface area contributed by atoms with Crippen LogP contribution in [0.3, 0.4) is 0 Å². The first kappa shape index (κ1) is 25.3. The zero-order valence-corrected chi connectivity index (χ0v) is 17.7. The van der Waals surface area contributed by atoms with Crippen molar-refractivity contribution in [3.05, 3.63) is 35.9 Å². The summed E-state index contributed by atoms with van der Waals surface area (Å²) >= 11 is 5.19. The van der Waals surface area contributed by atoms with Crippen molar-refractivity contribution in [2.24, 2.45) is 10.3 Å². The molecule has 26 heavy (non-hydrogen) atoms. The standard InChI is InChI=1S/C13H22N2O2S.C3H8ClNO2S/c1-12(2)15(9-6-10-18(14,16)17)11-13-7-4-3-5-8-13;4-2-1-3-8(5,6)7/h3-5,7-8,12H,6,9-11H2,1-2H3,(H2,14,16,17);1-3H2,(H2,5,6,7). The molecule has 0 radical (unpaired) electrons. The molecule has 7 nitrogen and oxygen atoms in total. The van der Waals surface area contributed by atoms with Gasteiger partial charge < -0.3 is 0 Å². The van der Waals surface area contributed by atoms with E-state index in [-0.39, 0.29) is 11.5 Å². The van der Waals surface area contributed by atoms with Crippen molar-refractivity contribution in [2.45, 2.75) is 39.3 Å². The highest BCUT2D eigenvalue weighted by Crippen LogP contribution is 2.08. The molecular weight excluding hydrogens is 398 g/mol. The predicted molar refractivity (Wildman–Crippen MR) is 108 cm³/mol. The number of sulfonamides is 2. The molecule has 10 heteroatoms. The van der Waals surface area contributed by atoms with E-state index in [2.05, 4.69) is 36.0 Å². The van der Waals surface area contributed by atoms with Crippen LogP contribution in [0.1, 0.15) is 32.3 Å². The molecule has 1 rings (SSSR count). The minimum absolute atomic E-state index is 0.0174. The van der Waals surface area contributed by atoms with Gasteiger partial charge in [-0.3, -0.25) is 4.90 Å². The van der Waals surface area contributed by atoms with Gasteiger partial charge in [-0.2, -0.15) is 0 Å². The molecule has 0 saturated heterocycles. The van der Waals surface area contributed by atoms with Gasteiger partial charge in [-0.05, 0) is 38.8 Å². The van der Waals surface area contributed by atoms with Crippen LogP contribution >= 0.6 is 11.6 Å². The summed E-state index contributed by atoms with van der Waals surface area (Å²) in [6.45, 7) is 5.80. The van der Waals surface area contributed by atoms with Crippen molar-refractivity contribution in [3.63, 3.8) is 0 Å². The number of hydrogen-bond donors (Lipinski definition) is 2. The molecule has 0 aliphatic carbocycles. The maximum atomic E-state index is 10.9. The van der Waals surface area contributed by atoms with Crippen LogP contribution in [0.4, 0.5) is 0 Å². The number of primary sulfonamides is 2. The van der Waals surface area contributed by atoms with E-state index < -0.39 is 20.0 Å². The Labute approximate surface area is 162 Å². The highest BCUT2D eigenvalue weighted by molar-refractivity contribution is 7.89. The number of hydrogen-bond acceptors (Lipinski definition) is 5. The lowest BCUT2D eigenvalue weighted by Crippen LogP contribution is -2.32. The second-order valence-corrected chi connectivity index (χ2v) is 10.0. The lowest BCUT2D eigenvalue weighted by Gasteiger charge is -2.26. The van der Waals surface area contributed by atoms with Crippen LogP contribution in [0, 0.1) is 0 Å². The van der Waals surface area contributed by atoms with Gasteiger partial charge in [0.25, 0.3) is 0 Å². The van der Waals surface area contributed by atoms with Crippen molar-refractivity contribution in [1.82, 2.24) is 4.90 Å². The Morgan fingerprint density at radius 1 is 0.962 bits per heavy atom. The summed E-state index contributed by atoms with van der Waals surface area (Å²) in [7, 11) is -6.62. The van der Waals surface area contributed by atoms with E-state index >= 15 is 0 Å². The van der Waals surface area contributed by atoms with Gasteiger partial charge >= 0.3 is 0 Å². The van der Waals surface area contributed by atoms with E-state index in [0.717, 1.165) is 13.1 Å². The number of nitrogens with zero attached hydrogens (tertiary/aromatic N) is 1. The second kappa shape index (κ2) is 12.6. The maximum absolute atomic E-state index is 10.9. The average Bonchev–Trinajstić information content (AvgIpc) is 2.51. The normalized spacial score (nSPS) is 12.1. The number of halogens is 1. The zero-order chi connectivity index (χ0) is 20.2. The third-order valence-electron chi connectivity index (χ3n) is 3.40. The molecule has 0 aliphatic rings. The molecule has 0 aromatic heterocycles. The minimum Gasteiger partial charge on any atom is -0.297 e. The van der Waals surface area contributed by atoms with Crippen molar-refractivity contribution in [3.8, 4) is 0 Å². The Balaban J connectivity index is 0.000000660. The monoisotopic (exact) mass is 427 g/mol. The second-order valence-electron chi connectivity index (χ2n) is 6.18. The molecule has 0 saturated carbocycles. The third-order valence-corrected chi connectivity index (χ3v) is 5.38. The van der Waals surface area contributed by atoms with Crippen LogP contribution < -0.4 is 10.3 Å². The first-order valence-electron chi connectivity index (χ1n) is 8.29. The molecular formula is C16H30ClN3O4S2. The topological polar surface area (TPSA) is 124 Å². The van der Waals surface area contributed by atoms with Crippen LogP contribution in [0.5, 0.6) is 0 Å². The van der Waals surface area contributed by atoms with Gasteiger partial charge in [-0.25, -0.2) is 27.1 Å². The summed E-state index contributed by atoms with van der Waals surface area (Å²) in [5.41, 5.74) is 1.24. The molecule has 0 aliphatic heterocycles. The number of benzene rings is 1. The minimum atomic E-state index is -3.35. The Hall–Kier alpha value is -0.710. The fourth-order valence-corrected chi connectivity index (χ4v) is 3.43. The summed E-state index contributed by atoms with van der Waals surface area (Å²) in [6.07, 6.45) is 1.00. The Morgan fingerprint density at radius 3 is 1.85 bits per heavy atom. The summed E-state index contributed by atoms with van der Waals surface area (Å²) in [5, 5.41) is 9.64. The Morgan fingerprint density at radius 2 is 1.46 bits per heavy atom. The number of nitrogens with two attached hydrogens (primary N) is 2. The van der Waals surface area contributed by atoms with Crippen LogP contribution in [0.2, 0.25) is 0 Å². The molecule has 152 valence electrons. The smallest absolute Gasteiger partial charge is 0.209 e. The van der Waals surface area contributed by atoms with Gasteiger partial charge in [0.15, 0.2) is 0 Å². The predicted octanol–water partition coefficient (Wildman–Crippen LogP) is 1.48. The summed E-state index contributed by atoms with van der Waals surface area (Å²) in [5.74, 6) is 0.373. The van der Waals surface area contributed by atoms with Crippen molar-refractivity contribution < 1.29 is 16.8 Å². The Bertz CT molecular complexity index is 695. The molecule has 0 atom stereocenters. The van der Waals surface area contributed by atoms with Crippen LogP contribution in [0.25, 0.3) is 0 Å². The first-order chi connectivity index (χ1) is 11.9. The SMILES string of the molecule is CC(C)N(CCCS(N)(=O)=O)Cc1ccccc1.NS(=O)(=O)CCCCl. The molecule has 0 amide bonds. The third kappa shape index (κ3) is 15.5. The average molecular weight is 428 g/mol. The van der Waals surface area contributed by atoms with E-state index in [9.17, 15) is 16.8 Å². The van der Waals surface area contributed by atoms with Gasteiger partial charge in [0.2, 0.25) is 20.0 Å². The van der Waals surface area contributed by atoms with E-state index in [0.29, 0.717) is 24.8 Å². The van der Waals surface area contributed by atoms with E-state index in [1.807, 2.05) is 18.2 Å². The van der Waals surface area contributed by atoms with Crippen LogP contribution in [-0.4, -0.2) is 51.7 Å². The molecule has 0 spiro atoms. The number of rotatable bonds is 10. The molecule has 0 bridgehead atoms. The van der Waals surface area contributed by atoms with E-state index in [4.69, 9.17) is 16.7 Å². The maximum Gasteiger partial charge on any atom is 0.209 e. The molecule has 0 heterocycles. The quantitative estimate of drug-likeness (QED) is 0.547. The van der Waals surface area contributed by atoms with Gasteiger partial charge in [0.05, 0.1) is 11.5 Å². The van der Waals surface area contributed by atoms with Crippen molar-refractivity contribution in [1.29, 1.82) is 0 Å². The van der Waals surface area contributed by atoms with Crippen LogP contribution in [0.15, 0.2) is 30.3 Å². The molecule has 1 aromatic carbocycles. The van der Waals surface area contributed by atoms with Crippen molar-refractivity contribution in [2.75, 3.05) is 23.9 Å². The van der Waals surface area contributed by atoms with Gasteiger partial charge in [0.1, 0.15) is 0 Å². The summed E-state index contributed by atoms with van der Waals surface area (Å²) < 4.78 is 42.0. The molecule has 0 unspecified atom stereocenters. The lowest BCUT2D eigenvalue weighted by molar-refractivity contribution is 0.213. The fourth-order valence-electron chi connectivity index (χ4n) is 2.06. The molecule has 1 aromatic rings. The molecule has 0 fully saturated rings. The highest BCUT2D eigenvalue weighted by atomic mass is 35.5. The van der Waals surface area contributed by atoms with Gasteiger partial charge in [0, 0.05) is 18.5 Å². The van der Waals surface area contributed by atoms with E-state index in [1.54, 1.807) is 0 Å². The fraction of sp³-hybridized carbons (Fsp3) is 0.625. The first-order valence-corrected chi connectivity index (χ1v) is 12.3. The zero-order valence-electron chi connectivity index (χ0n) is 15.3. The summed E-state index contributed by atoms with van der Waals surface area (Å²) in [6, 6.07) is 10.6. The lowest BCUT2D eigenvalue weighted by atomic mass is 10.2. The summed E-state index contributed by atoms with van der Waals surface area (Å²) in [4.78, 5) is 2.25. The number of alkyl halides is 1.